The van der Waals surface area contributed by atoms with Crippen LogP contribution >= 0.6 is 11.3 Å². The Morgan fingerprint density at radius 1 is 1.13 bits per heavy atom. The van der Waals surface area contributed by atoms with Gasteiger partial charge in [-0.1, -0.05) is 37.3 Å². The maximum absolute atomic E-state index is 12.1. The van der Waals surface area contributed by atoms with E-state index in [1.165, 1.54) is 16.9 Å². The summed E-state index contributed by atoms with van der Waals surface area (Å²) in [5.41, 5.74) is 2.40. The fourth-order valence-corrected chi connectivity index (χ4v) is 2.85. The van der Waals surface area contributed by atoms with Crippen molar-refractivity contribution in [1.82, 2.24) is 10.2 Å². The smallest absolute Gasteiger partial charge is 0.261 e. The van der Waals surface area contributed by atoms with Crippen molar-refractivity contribution in [1.29, 1.82) is 0 Å². The largest absolute Gasteiger partial charge is 0.351 e. The summed E-state index contributed by atoms with van der Waals surface area (Å²) in [6.45, 7) is 3.06. The fraction of sp³-hybridized carbons (Fsp3) is 0.333. The second-order valence-electron chi connectivity index (χ2n) is 5.40. The number of carbonyl (C=O) groups is 2. The molecule has 4 nitrogen and oxygen atoms in total. The zero-order valence-electron chi connectivity index (χ0n) is 13.5. The molecule has 0 bridgehead atoms. The van der Waals surface area contributed by atoms with Crippen molar-refractivity contribution in [2.45, 2.75) is 26.3 Å². The van der Waals surface area contributed by atoms with Gasteiger partial charge in [-0.2, -0.15) is 0 Å². The van der Waals surface area contributed by atoms with Crippen LogP contribution in [0.1, 0.15) is 34.1 Å². The highest BCUT2D eigenvalue weighted by molar-refractivity contribution is 7.12. The van der Waals surface area contributed by atoms with E-state index in [4.69, 9.17) is 0 Å². The van der Waals surface area contributed by atoms with Gasteiger partial charge >= 0.3 is 0 Å². The monoisotopic (exact) mass is 330 g/mol. The SMILES string of the molecule is CCc1ccc(CN(C)C(=O)CCNC(=O)c2cccs2)cc1. The van der Waals surface area contributed by atoms with Crippen LogP contribution in [0.2, 0.25) is 0 Å². The van der Waals surface area contributed by atoms with Crippen LogP contribution in [0.15, 0.2) is 41.8 Å². The summed E-state index contributed by atoms with van der Waals surface area (Å²) in [6.07, 6.45) is 1.32. The maximum atomic E-state index is 12.1. The van der Waals surface area contributed by atoms with Crippen molar-refractivity contribution in [2.75, 3.05) is 13.6 Å². The number of thiophene rings is 1. The highest BCUT2D eigenvalue weighted by Crippen LogP contribution is 2.09. The van der Waals surface area contributed by atoms with Gasteiger partial charge in [0.15, 0.2) is 0 Å². The third kappa shape index (κ3) is 5.21. The summed E-state index contributed by atoms with van der Waals surface area (Å²) in [6, 6.07) is 11.9. The second kappa shape index (κ2) is 8.48. The molecule has 0 aliphatic rings. The average Bonchev–Trinajstić information content (AvgIpc) is 3.10. The van der Waals surface area contributed by atoms with E-state index in [9.17, 15) is 9.59 Å². The second-order valence-corrected chi connectivity index (χ2v) is 6.35. The topological polar surface area (TPSA) is 49.4 Å². The number of hydrogen-bond donors (Lipinski definition) is 1. The molecule has 1 N–H and O–H groups in total. The van der Waals surface area contributed by atoms with Crippen molar-refractivity contribution >= 4 is 23.2 Å². The molecule has 0 saturated heterocycles. The molecule has 0 fully saturated rings. The molecule has 5 heteroatoms. The Bertz CT molecular complexity index is 636. The van der Waals surface area contributed by atoms with E-state index >= 15 is 0 Å². The summed E-state index contributed by atoms with van der Waals surface area (Å²) in [5.74, 6) is -0.0957. The normalized spacial score (nSPS) is 10.3. The van der Waals surface area contributed by atoms with E-state index < -0.39 is 0 Å². The Morgan fingerprint density at radius 2 is 1.83 bits per heavy atom. The van der Waals surface area contributed by atoms with Gasteiger partial charge in [-0.05, 0) is 29.0 Å². The molecule has 2 aromatic rings. The minimum absolute atomic E-state index is 0.0241. The zero-order chi connectivity index (χ0) is 16.7. The van der Waals surface area contributed by atoms with Crippen molar-refractivity contribution in [3.63, 3.8) is 0 Å². The summed E-state index contributed by atoms with van der Waals surface area (Å²) >= 11 is 1.39. The minimum atomic E-state index is -0.120. The van der Waals surface area contributed by atoms with Crippen molar-refractivity contribution in [2.24, 2.45) is 0 Å². The number of aryl methyl sites for hydroxylation is 1. The predicted octanol–water partition coefficient (Wildman–Crippen LogP) is 3.09. The Hall–Kier alpha value is -2.14. The fourth-order valence-electron chi connectivity index (χ4n) is 2.21. The van der Waals surface area contributed by atoms with E-state index in [2.05, 4.69) is 36.5 Å². The Labute approximate surface area is 141 Å². The first-order valence-electron chi connectivity index (χ1n) is 7.73. The van der Waals surface area contributed by atoms with Crippen LogP contribution in [0.5, 0.6) is 0 Å². The molecule has 0 unspecified atom stereocenters. The Balaban J connectivity index is 1.75. The lowest BCUT2D eigenvalue weighted by molar-refractivity contribution is -0.130. The standard InChI is InChI=1S/C18H22N2O2S/c1-3-14-6-8-15(9-7-14)13-20(2)17(21)10-11-19-18(22)16-5-4-12-23-16/h4-9,12H,3,10-11,13H2,1-2H3,(H,19,22). The lowest BCUT2D eigenvalue weighted by Crippen LogP contribution is -2.31. The molecule has 0 atom stereocenters. The van der Waals surface area contributed by atoms with Crippen LogP contribution in [0.4, 0.5) is 0 Å². The number of amides is 2. The number of benzene rings is 1. The van der Waals surface area contributed by atoms with Gasteiger partial charge in [0.25, 0.3) is 5.91 Å². The highest BCUT2D eigenvalue weighted by atomic mass is 32.1. The molecule has 1 heterocycles. The van der Waals surface area contributed by atoms with E-state index in [1.807, 2.05) is 11.4 Å². The molecular formula is C18H22N2O2S. The van der Waals surface area contributed by atoms with E-state index in [1.54, 1.807) is 18.0 Å². The van der Waals surface area contributed by atoms with Gasteiger partial charge in [-0.25, -0.2) is 0 Å². The van der Waals surface area contributed by atoms with Crippen LogP contribution in [-0.4, -0.2) is 30.3 Å². The Morgan fingerprint density at radius 3 is 2.43 bits per heavy atom. The van der Waals surface area contributed by atoms with Gasteiger partial charge in [0, 0.05) is 26.6 Å². The molecule has 0 radical (unpaired) electrons. The minimum Gasteiger partial charge on any atom is -0.351 e. The van der Waals surface area contributed by atoms with Gasteiger partial charge in [-0.3, -0.25) is 9.59 Å². The summed E-state index contributed by atoms with van der Waals surface area (Å²) in [4.78, 5) is 26.3. The van der Waals surface area contributed by atoms with Crippen molar-refractivity contribution in [3.8, 4) is 0 Å². The van der Waals surface area contributed by atoms with E-state index in [0.29, 0.717) is 24.4 Å². The number of rotatable bonds is 7. The number of carbonyl (C=O) groups excluding carboxylic acids is 2. The summed E-state index contributed by atoms with van der Waals surface area (Å²) in [5, 5.41) is 4.63. The molecule has 1 aromatic heterocycles. The quantitative estimate of drug-likeness (QED) is 0.848. The van der Waals surface area contributed by atoms with Crippen LogP contribution in [0, 0.1) is 0 Å². The summed E-state index contributed by atoms with van der Waals surface area (Å²) < 4.78 is 0. The van der Waals surface area contributed by atoms with Gasteiger partial charge in [-0.15, -0.1) is 11.3 Å². The molecule has 0 spiro atoms. The third-order valence-electron chi connectivity index (χ3n) is 3.65. The molecule has 2 amide bonds. The van der Waals surface area contributed by atoms with Gasteiger partial charge in [0.1, 0.15) is 0 Å². The molecule has 122 valence electrons. The van der Waals surface area contributed by atoms with Crippen LogP contribution in [-0.2, 0) is 17.8 Å². The van der Waals surface area contributed by atoms with Crippen molar-refractivity contribution in [3.05, 3.63) is 57.8 Å². The van der Waals surface area contributed by atoms with E-state index in [0.717, 1.165) is 12.0 Å². The molecule has 2 rings (SSSR count). The zero-order valence-corrected chi connectivity index (χ0v) is 14.4. The van der Waals surface area contributed by atoms with Crippen molar-refractivity contribution < 1.29 is 9.59 Å². The van der Waals surface area contributed by atoms with E-state index in [-0.39, 0.29) is 11.8 Å². The average molecular weight is 330 g/mol. The summed E-state index contributed by atoms with van der Waals surface area (Å²) in [7, 11) is 1.79. The molecule has 0 aliphatic carbocycles. The van der Waals surface area contributed by atoms with Gasteiger partial charge in [0.05, 0.1) is 4.88 Å². The van der Waals surface area contributed by atoms with Crippen LogP contribution in [0.3, 0.4) is 0 Å². The van der Waals surface area contributed by atoms with Gasteiger partial charge in [0.2, 0.25) is 5.91 Å². The predicted molar refractivity (Wildman–Crippen MR) is 93.6 cm³/mol. The highest BCUT2D eigenvalue weighted by Gasteiger charge is 2.11. The third-order valence-corrected chi connectivity index (χ3v) is 4.51. The Kier molecular flexibility index (Phi) is 6.35. The number of nitrogens with one attached hydrogen (secondary N) is 1. The molecule has 1 aromatic carbocycles. The molecular weight excluding hydrogens is 308 g/mol. The van der Waals surface area contributed by atoms with Gasteiger partial charge < -0.3 is 10.2 Å². The molecule has 23 heavy (non-hydrogen) atoms. The molecule has 0 aliphatic heterocycles. The first-order valence-corrected chi connectivity index (χ1v) is 8.61. The van der Waals surface area contributed by atoms with Crippen LogP contribution < -0.4 is 5.32 Å². The van der Waals surface area contributed by atoms with Crippen LogP contribution in [0.25, 0.3) is 0 Å². The molecule has 0 saturated carbocycles. The number of nitrogens with zero attached hydrogens (tertiary/aromatic N) is 1. The lowest BCUT2D eigenvalue weighted by Gasteiger charge is -2.17. The maximum Gasteiger partial charge on any atom is 0.261 e. The first kappa shape index (κ1) is 17.2. The number of hydrogen-bond acceptors (Lipinski definition) is 3. The first-order chi connectivity index (χ1) is 11.1. The lowest BCUT2D eigenvalue weighted by atomic mass is 10.1.